The molecule has 0 unspecified atom stereocenters. The number of benzene rings is 1. The number of carbonyl (C=O) groups excluding carboxylic acids is 2. The lowest BCUT2D eigenvalue weighted by atomic mass is 10.1. The molecule has 0 aliphatic rings. The second-order valence-electron chi connectivity index (χ2n) is 5.49. The Morgan fingerprint density at radius 3 is 2.32 bits per heavy atom. The Balaban J connectivity index is 1.99. The first-order chi connectivity index (χ1) is 13.5. The number of aromatic nitrogens is 1. The minimum Gasteiger partial charge on any atom is -0.496 e. The molecule has 0 radical (unpaired) electrons. The molecule has 0 fully saturated rings. The van der Waals surface area contributed by atoms with Crippen molar-refractivity contribution in [1.82, 2.24) is 15.4 Å². The number of methoxy groups -OCH3 is 3. The van der Waals surface area contributed by atoms with Crippen molar-refractivity contribution in [3.63, 3.8) is 0 Å². The zero-order chi connectivity index (χ0) is 20.5. The Morgan fingerprint density at radius 2 is 1.68 bits per heavy atom. The molecule has 2 N–H and O–H groups in total. The number of nitrogens with zero attached hydrogens (tertiary/aromatic N) is 1. The van der Waals surface area contributed by atoms with Gasteiger partial charge >= 0.3 is 0 Å². The van der Waals surface area contributed by atoms with Crippen molar-refractivity contribution in [3.8, 4) is 17.2 Å². The summed E-state index contributed by atoms with van der Waals surface area (Å²) in [7, 11) is 4.50. The molecule has 0 saturated heterocycles. The van der Waals surface area contributed by atoms with Crippen LogP contribution in [0.4, 0.5) is 0 Å². The van der Waals surface area contributed by atoms with Gasteiger partial charge in [-0.05, 0) is 18.2 Å². The number of rotatable bonds is 7. The fraction of sp³-hybridized carbons (Fsp3) is 0.211. The predicted molar refractivity (Wildman–Crippen MR) is 102 cm³/mol. The molecule has 1 aromatic carbocycles. The lowest BCUT2D eigenvalue weighted by Gasteiger charge is -2.12. The van der Waals surface area contributed by atoms with Gasteiger partial charge in [0, 0.05) is 30.0 Å². The number of amides is 2. The van der Waals surface area contributed by atoms with E-state index in [-0.39, 0.29) is 12.1 Å². The van der Waals surface area contributed by atoms with Crippen LogP contribution in [0.5, 0.6) is 17.2 Å². The predicted octanol–water partition coefficient (Wildman–Crippen LogP) is 0.735. The fourth-order valence-electron chi connectivity index (χ4n) is 2.31. The second-order valence-corrected chi connectivity index (χ2v) is 5.49. The molecular formula is C19H21N3O6. The Bertz CT molecular complexity index is 936. The zero-order valence-corrected chi connectivity index (χ0v) is 15.7. The molecule has 1 aromatic heterocycles. The highest BCUT2D eigenvalue weighted by atomic mass is 16.5. The number of hydrazine groups is 1. The summed E-state index contributed by atoms with van der Waals surface area (Å²) >= 11 is 0. The Labute approximate surface area is 161 Å². The summed E-state index contributed by atoms with van der Waals surface area (Å²) < 4.78 is 16.9. The van der Waals surface area contributed by atoms with Gasteiger partial charge in [-0.3, -0.25) is 25.2 Å². The molecule has 9 heteroatoms. The average molecular weight is 387 g/mol. The van der Waals surface area contributed by atoms with Crippen LogP contribution >= 0.6 is 0 Å². The van der Waals surface area contributed by atoms with Crippen LogP contribution in [0.3, 0.4) is 0 Å². The van der Waals surface area contributed by atoms with E-state index in [1.54, 1.807) is 24.3 Å². The van der Waals surface area contributed by atoms with Crippen molar-refractivity contribution in [1.29, 1.82) is 0 Å². The van der Waals surface area contributed by atoms with Crippen molar-refractivity contribution >= 4 is 17.9 Å². The van der Waals surface area contributed by atoms with E-state index in [0.717, 1.165) is 0 Å². The number of hydrogen-bond donors (Lipinski definition) is 2. The van der Waals surface area contributed by atoms with Crippen LogP contribution in [-0.2, 0) is 16.1 Å². The Kier molecular flexibility index (Phi) is 7.21. The summed E-state index contributed by atoms with van der Waals surface area (Å²) in [6, 6.07) is 7.83. The zero-order valence-electron chi connectivity index (χ0n) is 15.7. The molecule has 0 spiro atoms. The highest BCUT2D eigenvalue weighted by Gasteiger charge is 2.10. The van der Waals surface area contributed by atoms with Gasteiger partial charge in [-0.25, -0.2) is 0 Å². The van der Waals surface area contributed by atoms with Gasteiger partial charge in [0.25, 0.3) is 17.4 Å². The minimum absolute atomic E-state index is 0.215. The lowest BCUT2D eigenvalue weighted by Crippen LogP contribution is -2.43. The summed E-state index contributed by atoms with van der Waals surface area (Å²) in [5.41, 5.74) is 4.75. The van der Waals surface area contributed by atoms with Gasteiger partial charge in [0.05, 0.1) is 21.3 Å². The summed E-state index contributed by atoms with van der Waals surface area (Å²) in [5, 5.41) is 0. The summed E-state index contributed by atoms with van der Waals surface area (Å²) in [6.45, 7) is -0.215. The van der Waals surface area contributed by atoms with Crippen LogP contribution in [0.15, 0.2) is 47.4 Å². The van der Waals surface area contributed by atoms with Crippen LogP contribution in [0.1, 0.15) is 5.56 Å². The van der Waals surface area contributed by atoms with E-state index in [0.29, 0.717) is 22.8 Å². The van der Waals surface area contributed by atoms with E-state index in [9.17, 15) is 14.4 Å². The smallest absolute Gasteiger partial charge is 0.262 e. The molecule has 2 aromatic rings. The summed E-state index contributed by atoms with van der Waals surface area (Å²) in [5.74, 6) is 0.341. The molecular weight excluding hydrogens is 366 g/mol. The molecule has 0 atom stereocenters. The molecule has 1 heterocycles. The quantitative estimate of drug-likeness (QED) is 0.536. The molecule has 2 rings (SSSR count). The first-order valence-corrected chi connectivity index (χ1v) is 8.21. The van der Waals surface area contributed by atoms with Gasteiger partial charge in [0.1, 0.15) is 12.3 Å². The van der Waals surface area contributed by atoms with Crippen molar-refractivity contribution in [2.45, 2.75) is 6.54 Å². The molecule has 0 aliphatic carbocycles. The van der Waals surface area contributed by atoms with Crippen molar-refractivity contribution in [2.24, 2.45) is 0 Å². The molecule has 148 valence electrons. The average Bonchev–Trinajstić information content (AvgIpc) is 2.71. The molecule has 9 nitrogen and oxygen atoms in total. The van der Waals surface area contributed by atoms with Gasteiger partial charge < -0.3 is 18.8 Å². The minimum atomic E-state index is -0.564. The molecule has 28 heavy (non-hydrogen) atoms. The molecule has 0 saturated carbocycles. The SMILES string of the molecule is COc1cc(OC)c(OC)cc1/C=C/C(=O)NNC(=O)Cn1ccccc1=O. The van der Waals surface area contributed by atoms with Crippen LogP contribution in [-0.4, -0.2) is 37.7 Å². The normalized spacial score (nSPS) is 10.4. The van der Waals surface area contributed by atoms with Crippen LogP contribution < -0.4 is 30.6 Å². The van der Waals surface area contributed by atoms with Gasteiger partial charge in [0.2, 0.25) is 0 Å². The largest absolute Gasteiger partial charge is 0.496 e. The van der Waals surface area contributed by atoms with E-state index in [1.165, 1.54) is 50.3 Å². The summed E-state index contributed by atoms with van der Waals surface area (Å²) in [4.78, 5) is 35.3. The molecule has 0 aliphatic heterocycles. The monoisotopic (exact) mass is 387 g/mol. The number of ether oxygens (including phenoxy) is 3. The van der Waals surface area contributed by atoms with E-state index >= 15 is 0 Å². The molecule has 0 bridgehead atoms. The Hall–Kier alpha value is -3.75. The first-order valence-electron chi connectivity index (χ1n) is 8.21. The number of pyridine rings is 1. The van der Waals surface area contributed by atoms with Gasteiger partial charge in [-0.1, -0.05) is 6.07 Å². The third-order valence-corrected chi connectivity index (χ3v) is 3.69. The van der Waals surface area contributed by atoms with Crippen molar-refractivity contribution in [3.05, 3.63) is 58.5 Å². The highest BCUT2D eigenvalue weighted by molar-refractivity contribution is 5.93. The third kappa shape index (κ3) is 5.37. The first kappa shape index (κ1) is 20.6. The maximum absolute atomic E-state index is 11.9. The topological polar surface area (TPSA) is 108 Å². The van der Waals surface area contributed by atoms with E-state index in [4.69, 9.17) is 14.2 Å². The third-order valence-electron chi connectivity index (χ3n) is 3.69. The van der Waals surface area contributed by atoms with E-state index in [2.05, 4.69) is 10.9 Å². The van der Waals surface area contributed by atoms with Gasteiger partial charge in [-0.15, -0.1) is 0 Å². The molecule has 2 amide bonds. The number of hydrogen-bond acceptors (Lipinski definition) is 6. The summed E-state index contributed by atoms with van der Waals surface area (Å²) in [6.07, 6.45) is 4.20. The van der Waals surface area contributed by atoms with Crippen molar-refractivity contribution in [2.75, 3.05) is 21.3 Å². The standard InChI is InChI=1S/C19H21N3O6/c1-26-14-11-16(28-3)15(27-2)10-13(14)7-8-17(23)20-21-18(24)12-22-9-5-4-6-19(22)25/h4-11H,12H2,1-3H3,(H,20,23)(H,21,24)/b8-7+. The van der Waals surface area contributed by atoms with E-state index in [1.807, 2.05) is 0 Å². The second kappa shape index (κ2) is 9.81. The van der Waals surface area contributed by atoms with Crippen LogP contribution in [0, 0.1) is 0 Å². The number of nitrogens with one attached hydrogen (secondary N) is 2. The van der Waals surface area contributed by atoms with Crippen molar-refractivity contribution < 1.29 is 23.8 Å². The maximum Gasteiger partial charge on any atom is 0.262 e. The van der Waals surface area contributed by atoms with E-state index < -0.39 is 11.8 Å². The maximum atomic E-state index is 11.9. The van der Waals surface area contributed by atoms with Gasteiger partial charge in [-0.2, -0.15) is 0 Å². The number of carbonyl (C=O) groups is 2. The van der Waals surface area contributed by atoms with Crippen LogP contribution in [0.2, 0.25) is 0 Å². The van der Waals surface area contributed by atoms with Gasteiger partial charge in [0.15, 0.2) is 11.5 Å². The highest BCUT2D eigenvalue weighted by Crippen LogP contribution is 2.35. The van der Waals surface area contributed by atoms with Crippen LogP contribution in [0.25, 0.3) is 6.08 Å². The fourth-order valence-corrected chi connectivity index (χ4v) is 2.31. The Morgan fingerprint density at radius 1 is 1.00 bits per heavy atom. The lowest BCUT2D eigenvalue weighted by molar-refractivity contribution is -0.127.